The molecule has 0 aliphatic carbocycles. The molecule has 1 aromatic heterocycles. The summed E-state index contributed by atoms with van der Waals surface area (Å²) in [6.07, 6.45) is 2.17. The molecule has 0 aliphatic heterocycles. The van der Waals surface area contributed by atoms with Crippen molar-refractivity contribution in [1.29, 1.82) is 0 Å². The summed E-state index contributed by atoms with van der Waals surface area (Å²) in [6.45, 7) is 7.69. The number of aromatic nitrogens is 1. The van der Waals surface area contributed by atoms with E-state index in [4.69, 9.17) is 4.74 Å². The van der Waals surface area contributed by atoms with Crippen LogP contribution in [0.25, 0.3) is 0 Å². The zero-order valence-corrected chi connectivity index (χ0v) is 9.84. The maximum Gasteiger partial charge on any atom is 0.316 e. The molecular weight excluding hydrogens is 210 g/mol. The highest BCUT2D eigenvalue weighted by atomic mass is 32.1. The lowest BCUT2D eigenvalue weighted by Crippen LogP contribution is -2.30. The molecule has 0 spiro atoms. The van der Waals surface area contributed by atoms with Crippen molar-refractivity contribution in [3.05, 3.63) is 29.2 Å². The standard InChI is InChI=1S/C11H15NO2S/c1-4-11(3,10(13)14-5-2)6-9-7-15-8-12-9/h4,7-8H,1,5-6H2,2-3H3. The Balaban J connectivity index is 2.76. The summed E-state index contributed by atoms with van der Waals surface area (Å²) in [5, 5.41) is 1.93. The number of thiazole rings is 1. The van der Waals surface area contributed by atoms with E-state index in [1.165, 1.54) is 11.3 Å². The van der Waals surface area contributed by atoms with Crippen molar-refractivity contribution in [1.82, 2.24) is 4.98 Å². The fraction of sp³-hybridized carbons (Fsp3) is 0.455. The Morgan fingerprint density at radius 1 is 1.80 bits per heavy atom. The number of rotatable bonds is 5. The summed E-state index contributed by atoms with van der Waals surface area (Å²) in [5.41, 5.74) is 1.98. The van der Waals surface area contributed by atoms with Crippen molar-refractivity contribution >= 4 is 17.3 Å². The summed E-state index contributed by atoms with van der Waals surface area (Å²) < 4.78 is 5.01. The van der Waals surface area contributed by atoms with Crippen molar-refractivity contribution in [3.63, 3.8) is 0 Å². The molecule has 0 N–H and O–H groups in total. The molecular formula is C11H15NO2S. The molecule has 1 heterocycles. The smallest absolute Gasteiger partial charge is 0.316 e. The van der Waals surface area contributed by atoms with Gasteiger partial charge in [0.2, 0.25) is 0 Å². The van der Waals surface area contributed by atoms with Crippen LogP contribution in [0, 0.1) is 5.41 Å². The van der Waals surface area contributed by atoms with Gasteiger partial charge in [-0.15, -0.1) is 17.9 Å². The van der Waals surface area contributed by atoms with Gasteiger partial charge in [-0.25, -0.2) is 4.98 Å². The molecule has 0 radical (unpaired) electrons. The van der Waals surface area contributed by atoms with Gasteiger partial charge in [-0.1, -0.05) is 6.08 Å². The van der Waals surface area contributed by atoms with Crippen LogP contribution in [-0.4, -0.2) is 17.6 Å². The Morgan fingerprint density at radius 2 is 2.53 bits per heavy atom. The Morgan fingerprint density at radius 3 is 3.00 bits per heavy atom. The van der Waals surface area contributed by atoms with E-state index >= 15 is 0 Å². The van der Waals surface area contributed by atoms with Crippen LogP contribution in [-0.2, 0) is 16.0 Å². The third-order valence-corrected chi connectivity index (χ3v) is 2.86. The molecule has 0 aromatic carbocycles. The van der Waals surface area contributed by atoms with Crippen molar-refractivity contribution < 1.29 is 9.53 Å². The van der Waals surface area contributed by atoms with Gasteiger partial charge in [0.1, 0.15) is 0 Å². The first-order chi connectivity index (χ1) is 7.12. The van der Waals surface area contributed by atoms with Crippen LogP contribution in [0.3, 0.4) is 0 Å². The van der Waals surface area contributed by atoms with Crippen LogP contribution in [0.15, 0.2) is 23.5 Å². The first-order valence-corrected chi connectivity index (χ1v) is 5.74. The fourth-order valence-corrected chi connectivity index (χ4v) is 1.78. The Labute approximate surface area is 93.8 Å². The quantitative estimate of drug-likeness (QED) is 0.570. The maximum absolute atomic E-state index is 11.7. The summed E-state index contributed by atoms with van der Waals surface area (Å²) in [7, 11) is 0. The highest BCUT2D eigenvalue weighted by molar-refractivity contribution is 7.07. The minimum Gasteiger partial charge on any atom is -0.465 e. The highest BCUT2D eigenvalue weighted by Gasteiger charge is 2.32. The third-order valence-electron chi connectivity index (χ3n) is 2.22. The molecule has 0 aliphatic rings. The minimum atomic E-state index is -0.677. The number of ether oxygens (including phenoxy) is 1. The fourth-order valence-electron chi connectivity index (χ4n) is 1.22. The molecule has 1 aromatic rings. The van der Waals surface area contributed by atoms with Gasteiger partial charge in [0, 0.05) is 11.8 Å². The number of hydrogen-bond donors (Lipinski definition) is 0. The lowest BCUT2D eigenvalue weighted by atomic mass is 9.86. The van der Waals surface area contributed by atoms with Gasteiger partial charge in [0.25, 0.3) is 0 Å². The monoisotopic (exact) mass is 225 g/mol. The number of carbonyl (C=O) groups is 1. The molecule has 1 rings (SSSR count). The van der Waals surface area contributed by atoms with Gasteiger partial charge >= 0.3 is 5.97 Å². The topological polar surface area (TPSA) is 39.2 Å². The lowest BCUT2D eigenvalue weighted by Gasteiger charge is -2.22. The van der Waals surface area contributed by atoms with Crippen molar-refractivity contribution in [3.8, 4) is 0 Å². The van der Waals surface area contributed by atoms with Gasteiger partial charge in [0.05, 0.1) is 23.2 Å². The largest absolute Gasteiger partial charge is 0.465 e. The van der Waals surface area contributed by atoms with E-state index in [1.807, 2.05) is 12.3 Å². The average Bonchev–Trinajstić information content (AvgIpc) is 2.70. The molecule has 1 unspecified atom stereocenters. The molecule has 3 nitrogen and oxygen atoms in total. The number of hydrogen-bond acceptors (Lipinski definition) is 4. The summed E-state index contributed by atoms with van der Waals surface area (Å²) in [6, 6.07) is 0. The molecule has 82 valence electrons. The second-order valence-corrected chi connectivity index (χ2v) is 4.22. The van der Waals surface area contributed by atoms with Crippen molar-refractivity contribution in [2.45, 2.75) is 20.3 Å². The summed E-state index contributed by atoms with van der Waals surface area (Å²) in [5.74, 6) is -0.243. The third kappa shape index (κ3) is 2.89. The number of nitrogens with zero attached hydrogens (tertiary/aromatic N) is 1. The second-order valence-electron chi connectivity index (χ2n) is 3.50. The molecule has 4 heteroatoms. The van der Waals surface area contributed by atoms with Crippen LogP contribution >= 0.6 is 11.3 Å². The van der Waals surface area contributed by atoms with E-state index in [1.54, 1.807) is 18.5 Å². The molecule has 1 atom stereocenters. The van der Waals surface area contributed by atoms with Crippen LogP contribution in [0.4, 0.5) is 0 Å². The molecule has 0 amide bonds. The van der Waals surface area contributed by atoms with E-state index in [2.05, 4.69) is 11.6 Å². The molecule has 15 heavy (non-hydrogen) atoms. The Kier molecular flexibility index (Phi) is 4.03. The van der Waals surface area contributed by atoms with E-state index in [9.17, 15) is 4.79 Å². The maximum atomic E-state index is 11.7. The van der Waals surface area contributed by atoms with Crippen molar-refractivity contribution in [2.24, 2.45) is 5.41 Å². The molecule has 0 saturated carbocycles. The van der Waals surface area contributed by atoms with E-state index in [0.717, 1.165) is 5.69 Å². The predicted octanol–water partition coefficient (Wildman–Crippen LogP) is 2.44. The van der Waals surface area contributed by atoms with Crippen LogP contribution < -0.4 is 0 Å². The van der Waals surface area contributed by atoms with Gasteiger partial charge < -0.3 is 4.74 Å². The van der Waals surface area contributed by atoms with Crippen LogP contribution in [0.1, 0.15) is 19.5 Å². The van der Waals surface area contributed by atoms with Gasteiger partial charge in [-0.2, -0.15) is 0 Å². The lowest BCUT2D eigenvalue weighted by molar-refractivity contribution is -0.151. The Hall–Kier alpha value is -1.16. The molecule has 0 fully saturated rings. The Bertz CT molecular complexity index is 334. The number of esters is 1. The first-order valence-electron chi connectivity index (χ1n) is 4.80. The van der Waals surface area contributed by atoms with Crippen LogP contribution in [0.5, 0.6) is 0 Å². The second kappa shape index (κ2) is 5.07. The first kappa shape index (κ1) is 11.9. The van der Waals surface area contributed by atoms with Crippen molar-refractivity contribution in [2.75, 3.05) is 6.61 Å². The zero-order chi connectivity index (χ0) is 11.3. The van der Waals surface area contributed by atoms with Crippen LogP contribution in [0.2, 0.25) is 0 Å². The number of carbonyl (C=O) groups excluding carboxylic acids is 1. The SMILES string of the molecule is C=CC(C)(Cc1cscn1)C(=O)OCC. The summed E-state index contributed by atoms with van der Waals surface area (Å²) >= 11 is 1.52. The van der Waals surface area contributed by atoms with Gasteiger partial charge in [-0.05, 0) is 13.8 Å². The molecule has 0 bridgehead atoms. The van der Waals surface area contributed by atoms with Gasteiger partial charge in [0.15, 0.2) is 0 Å². The normalized spacial score (nSPS) is 14.3. The van der Waals surface area contributed by atoms with E-state index in [-0.39, 0.29) is 5.97 Å². The molecule has 0 saturated heterocycles. The average molecular weight is 225 g/mol. The summed E-state index contributed by atoms with van der Waals surface area (Å²) in [4.78, 5) is 15.9. The predicted molar refractivity (Wildman–Crippen MR) is 60.8 cm³/mol. The highest BCUT2D eigenvalue weighted by Crippen LogP contribution is 2.25. The zero-order valence-electron chi connectivity index (χ0n) is 9.03. The van der Waals surface area contributed by atoms with E-state index < -0.39 is 5.41 Å². The van der Waals surface area contributed by atoms with Gasteiger partial charge in [-0.3, -0.25) is 4.79 Å². The minimum absolute atomic E-state index is 0.243. The van der Waals surface area contributed by atoms with E-state index in [0.29, 0.717) is 13.0 Å².